The normalized spacial score (nSPS) is 20.0. The molecular formula is C12H10F3NO3. The van der Waals surface area contributed by atoms with E-state index in [4.69, 9.17) is 0 Å². The Morgan fingerprint density at radius 3 is 2.21 bits per heavy atom. The van der Waals surface area contributed by atoms with Crippen LogP contribution in [0.5, 0.6) is 5.75 Å². The second kappa shape index (κ2) is 4.56. The van der Waals surface area contributed by atoms with Crippen LogP contribution in [0.2, 0.25) is 0 Å². The van der Waals surface area contributed by atoms with Gasteiger partial charge >= 0.3 is 6.36 Å². The molecular weight excluding hydrogens is 263 g/mol. The van der Waals surface area contributed by atoms with E-state index in [0.717, 1.165) is 17.0 Å². The molecule has 1 atom stereocenters. The van der Waals surface area contributed by atoms with E-state index in [9.17, 15) is 22.8 Å². The van der Waals surface area contributed by atoms with Crippen molar-refractivity contribution in [1.82, 2.24) is 0 Å². The minimum Gasteiger partial charge on any atom is -0.406 e. The number of alkyl halides is 3. The Labute approximate surface area is 106 Å². The summed E-state index contributed by atoms with van der Waals surface area (Å²) in [4.78, 5) is 24.3. The third kappa shape index (κ3) is 2.86. The Bertz CT molecular complexity index is 510. The molecule has 0 N–H and O–H groups in total. The van der Waals surface area contributed by atoms with Crippen molar-refractivity contribution >= 4 is 17.5 Å². The lowest BCUT2D eigenvalue weighted by molar-refractivity contribution is -0.274. The number of nitrogens with zero attached hydrogens (tertiary/aromatic N) is 1. The van der Waals surface area contributed by atoms with E-state index in [0.29, 0.717) is 0 Å². The lowest BCUT2D eigenvalue weighted by atomic mass is 10.1. The molecule has 1 heterocycles. The standard InChI is InChI=1S/C12H10F3NO3/c1-7-6-10(17)16(11(7)18)8-2-4-9(5-3-8)19-12(13,14)15/h2-5,7H,6H2,1H3/t7-/m1/s1. The maximum atomic E-state index is 12.0. The molecule has 1 aromatic carbocycles. The Kier molecular flexibility index (Phi) is 3.21. The summed E-state index contributed by atoms with van der Waals surface area (Å²) in [5.41, 5.74) is 0.244. The number of amides is 2. The van der Waals surface area contributed by atoms with Crippen molar-refractivity contribution in [1.29, 1.82) is 0 Å². The molecule has 0 unspecified atom stereocenters. The van der Waals surface area contributed by atoms with Gasteiger partial charge in [0.2, 0.25) is 11.8 Å². The number of carbonyl (C=O) groups excluding carboxylic acids is 2. The van der Waals surface area contributed by atoms with Crippen molar-refractivity contribution in [2.24, 2.45) is 5.92 Å². The lowest BCUT2D eigenvalue weighted by Gasteiger charge is -2.15. The molecule has 2 amide bonds. The fraction of sp³-hybridized carbons (Fsp3) is 0.333. The molecule has 0 bridgehead atoms. The molecule has 1 aromatic rings. The molecule has 0 aromatic heterocycles. The quantitative estimate of drug-likeness (QED) is 0.778. The van der Waals surface area contributed by atoms with Crippen LogP contribution in [0, 0.1) is 5.92 Å². The van der Waals surface area contributed by atoms with Crippen LogP contribution in [-0.2, 0) is 9.59 Å². The first-order chi connectivity index (χ1) is 8.78. The van der Waals surface area contributed by atoms with E-state index < -0.39 is 18.0 Å². The average Bonchev–Trinajstić information content (AvgIpc) is 2.53. The van der Waals surface area contributed by atoms with Gasteiger partial charge in [-0.2, -0.15) is 0 Å². The Hall–Kier alpha value is -2.05. The zero-order valence-corrected chi connectivity index (χ0v) is 9.90. The van der Waals surface area contributed by atoms with Crippen molar-refractivity contribution in [3.05, 3.63) is 24.3 Å². The van der Waals surface area contributed by atoms with Gasteiger partial charge in [-0.3, -0.25) is 14.5 Å². The monoisotopic (exact) mass is 273 g/mol. The molecule has 1 fully saturated rings. The molecule has 1 saturated heterocycles. The third-order valence-electron chi connectivity index (χ3n) is 2.70. The smallest absolute Gasteiger partial charge is 0.406 e. The topological polar surface area (TPSA) is 46.6 Å². The van der Waals surface area contributed by atoms with E-state index in [-0.39, 0.29) is 23.9 Å². The second-order valence-corrected chi connectivity index (χ2v) is 4.21. The number of rotatable bonds is 2. The summed E-state index contributed by atoms with van der Waals surface area (Å²) >= 11 is 0. The van der Waals surface area contributed by atoms with Crippen molar-refractivity contribution in [2.75, 3.05) is 4.90 Å². The molecule has 4 nitrogen and oxygen atoms in total. The predicted molar refractivity (Wildman–Crippen MR) is 59.4 cm³/mol. The van der Waals surface area contributed by atoms with E-state index in [1.165, 1.54) is 12.1 Å². The maximum absolute atomic E-state index is 12.0. The van der Waals surface area contributed by atoms with Gasteiger partial charge in [-0.1, -0.05) is 6.92 Å². The van der Waals surface area contributed by atoms with Gasteiger partial charge in [-0.25, -0.2) is 0 Å². The van der Waals surface area contributed by atoms with Crippen LogP contribution >= 0.6 is 0 Å². The number of benzene rings is 1. The Balaban J connectivity index is 2.19. The highest BCUT2D eigenvalue weighted by Crippen LogP contribution is 2.29. The fourth-order valence-corrected chi connectivity index (χ4v) is 1.85. The number of halogens is 3. The van der Waals surface area contributed by atoms with Gasteiger partial charge in [0.05, 0.1) is 5.69 Å². The number of ether oxygens (including phenoxy) is 1. The predicted octanol–water partition coefficient (Wildman–Crippen LogP) is 2.48. The van der Waals surface area contributed by atoms with Gasteiger partial charge in [0.25, 0.3) is 0 Å². The summed E-state index contributed by atoms with van der Waals surface area (Å²) in [5.74, 6) is -1.52. The van der Waals surface area contributed by atoms with Gasteiger partial charge < -0.3 is 4.74 Å². The largest absolute Gasteiger partial charge is 0.573 e. The highest BCUT2D eigenvalue weighted by atomic mass is 19.4. The minimum atomic E-state index is -4.77. The van der Waals surface area contributed by atoms with Crippen molar-refractivity contribution in [3.8, 4) is 5.75 Å². The second-order valence-electron chi connectivity index (χ2n) is 4.21. The lowest BCUT2D eigenvalue weighted by Crippen LogP contribution is -2.29. The average molecular weight is 273 g/mol. The van der Waals surface area contributed by atoms with Crippen LogP contribution in [0.4, 0.5) is 18.9 Å². The van der Waals surface area contributed by atoms with Crippen LogP contribution in [-0.4, -0.2) is 18.2 Å². The highest BCUT2D eigenvalue weighted by molar-refractivity contribution is 6.20. The number of anilines is 1. The van der Waals surface area contributed by atoms with Crippen LogP contribution in [0.15, 0.2) is 24.3 Å². The van der Waals surface area contributed by atoms with Crippen LogP contribution in [0.3, 0.4) is 0 Å². The molecule has 0 saturated carbocycles. The van der Waals surface area contributed by atoms with Gasteiger partial charge in [0.1, 0.15) is 5.75 Å². The fourth-order valence-electron chi connectivity index (χ4n) is 1.85. The van der Waals surface area contributed by atoms with Gasteiger partial charge in [-0.05, 0) is 24.3 Å². The van der Waals surface area contributed by atoms with Crippen LogP contribution in [0.25, 0.3) is 0 Å². The summed E-state index contributed by atoms with van der Waals surface area (Å²) in [6.07, 6.45) is -4.66. The van der Waals surface area contributed by atoms with Crippen LogP contribution < -0.4 is 9.64 Å². The number of hydrogen-bond donors (Lipinski definition) is 0. The SMILES string of the molecule is C[C@@H]1CC(=O)N(c2ccc(OC(F)(F)F)cc2)C1=O. The molecule has 19 heavy (non-hydrogen) atoms. The number of imide groups is 1. The third-order valence-corrected chi connectivity index (χ3v) is 2.70. The summed E-state index contributed by atoms with van der Waals surface area (Å²) in [5, 5.41) is 0. The molecule has 1 aliphatic heterocycles. The molecule has 0 aliphatic carbocycles. The molecule has 2 rings (SSSR count). The molecule has 102 valence electrons. The molecule has 0 spiro atoms. The van der Waals surface area contributed by atoms with E-state index in [2.05, 4.69) is 4.74 Å². The van der Waals surface area contributed by atoms with E-state index in [1.54, 1.807) is 6.92 Å². The zero-order chi connectivity index (χ0) is 14.2. The minimum absolute atomic E-state index is 0.111. The number of carbonyl (C=O) groups is 2. The first-order valence-electron chi connectivity index (χ1n) is 5.50. The highest BCUT2D eigenvalue weighted by Gasteiger charge is 2.36. The van der Waals surface area contributed by atoms with E-state index >= 15 is 0 Å². The summed E-state index contributed by atoms with van der Waals surface area (Å²) in [7, 11) is 0. The van der Waals surface area contributed by atoms with Crippen molar-refractivity contribution < 1.29 is 27.5 Å². The first kappa shape index (κ1) is 13.4. The summed E-state index contributed by atoms with van der Waals surface area (Å²) in [6, 6.07) is 4.61. The van der Waals surface area contributed by atoms with Crippen molar-refractivity contribution in [2.45, 2.75) is 19.7 Å². The number of hydrogen-bond acceptors (Lipinski definition) is 3. The van der Waals surface area contributed by atoms with Gasteiger partial charge in [0.15, 0.2) is 0 Å². The van der Waals surface area contributed by atoms with E-state index in [1.807, 2.05) is 0 Å². The summed E-state index contributed by atoms with van der Waals surface area (Å²) < 4.78 is 39.6. The molecule has 7 heteroatoms. The Morgan fingerprint density at radius 1 is 1.21 bits per heavy atom. The summed E-state index contributed by atoms with van der Waals surface area (Å²) in [6.45, 7) is 1.63. The molecule has 0 radical (unpaired) electrons. The maximum Gasteiger partial charge on any atom is 0.573 e. The van der Waals surface area contributed by atoms with Gasteiger partial charge in [0, 0.05) is 12.3 Å². The first-order valence-corrected chi connectivity index (χ1v) is 5.50. The Morgan fingerprint density at radius 2 is 1.79 bits per heavy atom. The van der Waals surface area contributed by atoms with Crippen LogP contribution in [0.1, 0.15) is 13.3 Å². The van der Waals surface area contributed by atoms with Gasteiger partial charge in [-0.15, -0.1) is 13.2 Å². The van der Waals surface area contributed by atoms with Crippen molar-refractivity contribution in [3.63, 3.8) is 0 Å². The zero-order valence-electron chi connectivity index (χ0n) is 9.90. The molecule has 1 aliphatic rings.